The van der Waals surface area contributed by atoms with Crippen LogP contribution in [0.4, 0.5) is 0 Å². The minimum absolute atomic E-state index is 0.339. The summed E-state index contributed by atoms with van der Waals surface area (Å²) in [6.07, 6.45) is 0.999. The molecule has 2 atom stereocenters. The molecule has 0 aromatic heterocycles. The van der Waals surface area contributed by atoms with E-state index in [2.05, 4.69) is 15.9 Å². The minimum atomic E-state index is -0.422. The first kappa shape index (κ1) is 12.4. The fraction of sp³-hybridized carbons (Fsp3) is 0.500. The molecule has 0 radical (unpaired) electrons. The third-order valence-corrected chi connectivity index (χ3v) is 4.10. The number of hydrogen-bond acceptors (Lipinski definition) is 2. The summed E-state index contributed by atoms with van der Waals surface area (Å²) < 4.78 is 6.37. The van der Waals surface area contributed by atoms with Gasteiger partial charge in [0, 0.05) is 27.6 Å². The van der Waals surface area contributed by atoms with E-state index >= 15 is 0 Å². The first-order valence-corrected chi connectivity index (χ1v) is 6.51. The number of ether oxygens (including phenoxy) is 1. The van der Waals surface area contributed by atoms with Gasteiger partial charge < -0.3 is 10.5 Å². The van der Waals surface area contributed by atoms with Crippen LogP contribution >= 0.6 is 27.5 Å². The van der Waals surface area contributed by atoms with Gasteiger partial charge in [-0.3, -0.25) is 0 Å². The number of hydrogen-bond donors (Lipinski definition) is 1. The van der Waals surface area contributed by atoms with Crippen LogP contribution in [-0.2, 0) is 10.3 Å². The van der Waals surface area contributed by atoms with Crippen molar-refractivity contribution in [1.29, 1.82) is 0 Å². The Morgan fingerprint density at radius 1 is 1.56 bits per heavy atom. The normalized spacial score (nSPS) is 24.4. The zero-order valence-electron chi connectivity index (χ0n) is 9.17. The van der Waals surface area contributed by atoms with Gasteiger partial charge in [-0.25, -0.2) is 0 Å². The lowest BCUT2D eigenvalue weighted by Gasteiger charge is -2.32. The van der Waals surface area contributed by atoms with Crippen molar-refractivity contribution in [1.82, 2.24) is 0 Å². The number of benzene rings is 1. The molecule has 0 saturated carbocycles. The Morgan fingerprint density at radius 2 is 2.31 bits per heavy atom. The van der Waals surface area contributed by atoms with Crippen molar-refractivity contribution >= 4 is 27.5 Å². The van der Waals surface area contributed by atoms with E-state index in [1.807, 2.05) is 25.1 Å². The maximum atomic E-state index is 6.41. The van der Waals surface area contributed by atoms with Crippen molar-refractivity contribution in [2.75, 3.05) is 13.2 Å². The Bertz CT molecular complexity index is 389. The predicted molar refractivity (Wildman–Crippen MR) is 69.6 cm³/mol. The molecule has 0 spiro atoms. The summed E-state index contributed by atoms with van der Waals surface area (Å²) in [6, 6.07) is 5.85. The molecule has 0 amide bonds. The smallest absolute Gasteiger partial charge is 0.0515 e. The van der Waals surface area contributed by atoms with Crippen LogP contribution in [0.1, 0.15) is 18.9 Å². The second kappa shape index (κ2) is 4.65. The highest BCUT2D eigenvalue weighted by Crippen LogP contribution is 2.37. The van der Waals surface area contributed by atoms with Gasteiger partial charge in [-0.2, -0.15) is 0 Å². The molecule has 1 aromatic rings. The summed E-state index contributed by atoms with van der Waals surface area (Å²) in [4.78, 5) is 0. The summed E-state index contributed by atoms with van der Waals surface area (Å²) in [7, 11) is 0. The van der Waals surface area contributed by atoms with Crippen molar-refractivity contribution in [3.8, 4) is 0 Å². The molecule has 2 rings (SSSR count). The average Bonchev–Trinajstić information content (AvgIpc) is 2.69. The molecule has 16 heavy (non-hydrogen) atoms. The molecule has 2 nitrogen and oxygen atoms in total. The van der Waals surface area contributed by atoms with Crippen LogP contribution < -0.4 is 5.73 Å². The highest BCUT2D eigenvalue weighted by atomic mass is 79.9. The Labute approximate surface area is 109 Å². The molecular weight excluding hydrogens is 289 g/mol. The fourth-order valence-corrected chi connectivity index (χ4v) is 3.03. The zero-order chi connectivity index (χ0) is 11.8. The van der Waals surface area contributed by atoms with Crippen LogP contribution in [0.15, 0.2) is 22.7 Å². The monoisotopic (exact) mass is 303 g/mol. The van der Waals surface area contributed by atoms with E-state index in [-0.39, 0.29) is 0 Å². The van der Waals surface area contributed by atoms with Gasteiger partial charge >= 0.3 is 0 Å². The second-order valence-corrected chi connectivity index (χ2v) is 5.79. The topological polar surface area (TPSA) is 35.2 Å². The van der Waals surface area contributed by atoms with E-state index in [1.165, 1.54) is 0 Å². The third kappa shape index (κ3) is 2.28. The average molecular weight is 305 g/mol. The maximum Gasteiger partial charge on any atom is 0.0515 e. The van der Waals surface area contributed by atoms with E-state index in [4.69, 9.17) is 22.1 Å². The lowest BCUT2D eigenvalue weighted by molar-refractivity contribution is 0.166. The van der Waals surface area contributed by atoms with Gasteiger partial charge in [-0.05, 0) is 31.0 Å². The van der Waals surface area contributed by atoms with Crippen LogP contribution in [0.3, 0.4) is 0 Å². The van der Waals surface area contributed by atoms with E-state index < -0.39 is 5.54 Å². The Balaban J connectivity index is 2.34. The SMILES string of the molecule is CC(N)(c1ccc(Br)cc1Cl)C1CCOC1. The quantitative estimate of drug-likeness (QED) is 0.910. The Morgan fingerprint density at radius 3 is 2.88 bits per heavy atom. The highest BCUT2D eigenvalue weighted by Gasteiger charge is 2.36. The van der Waals surface area contributed by atoms with Crippen molar-refractivity contribution in [3.63, 3.8) is 0 Å². The van der Waals surface area contributed by atoms with Crippen LogP contribution in [0.25, 0.3) is 0 Å². The largest absolute Gasteiger partial charge is 0.381 e. The summed E-state index contributed by atoms with van der Waals surface area (Å²) in [5.74, 6) is 0.339. The van der Waals surface area contributed by atoms with Gasteiger partial charge in [0.25, 0.3) is 0 Å². The molecule has 2 N–H and O–H groups in total. The van der Waals surface area contributed by atoms with Crippen LogP contribution in [0.2, 0.25) is 5.02 Å². The lowest BCUT2D eigenvalue weighted by atomic mass is 9.80. The standard InChI is InChI=1S/C12H15BrClNO/c1-12(15,8-4-5-16-7-8)10-3-2-9(13)6-11(10)14/h2-3,6,8H,4-5,7,15H2,1H3. The maximum absolute atomic E-state index is 6.41. The Hall–Kier alpha value is -0.0900. The third-order valence-electron chi connectivity index (χ3n) is 3.29. The van der Waals surface area contributed by atoms with E-state index in [9.17, 15) is 0 Å². The Kier molecular flexibility index (Phi) is 3.59. The van der Waals surface area contributed by atoms with Crippen molar-refractivity contribution in [2.45, 2.75) is 18.9 Å². The molecule has 1 saturated heterocycles. The molecule has 4 heteroatoms. The minimum Gasteiger partial charge on any atom is -0.381 e. The van der Waals surface area contributed by atoms with Crippen molar-refractivity contribution in [3.05, 3.63) is 33.3 Å². The first-order chi connectivity index (χ1) is 7.51. The molecule has 1 aliphatic heterocycles. The molecule has 0 aliphatic carbocycles. The molecule has 1 fully saturated rings. The van der Waals surface area contributed by atoms with Crippen LogP contribution in [0, 0.1) is 5.92 Å². The van der Waals surface area contributed by atoms with Crippen LogP contribution in [0.5, 0.6) is 0 Å². The number of rotatable bonds is 2. The van der Waals surface area contributed by atoms with Crippen molar-refractivity contribution < 1.29 is 4.74 Å². The van der Waals surface area contributed by atoms with E-state index in [1.54, 1.807) is 0 Å². The summed E-state index contributed by atoms with van der Waals surface area (Å²) in [5, 5.41) is 0.714. The molecule has 1 heterocycles. The van der Waals surface area contributed by atoms with Gasteiger partial charge in [0.2, 0.25) is 0 Å². The summed E-state index contributed by atoms with van der Waals surface area (Å²) in [6.45, 7) is 3.55. The molecule has 1 aliphatic rings. The van der Waals surface area contributed by atoms with Gasteiger partial charge in [-0.1, -0.05) is 33.6 Å². The van der Waals surface area contributed by atoms with E-state index in [0.717, 1.165) is 29.7 Å². The first-order valence-electron chi connectivity index (χ1n) is 5.34. The van der Waals surface area contributed by atoms with Gasteiger partial charge in [0.05, 0.1) is 6.61 Å². The molecule has 1 aromatic carbocycles. The summed E-state index contributed by atoms with van der Waals surface area (Å²) in [5.41, 5.74) is 6.99. The van der Waals surface area contributed by atoms with Gasteiger partial charge in [0.1, 0.15) is 0 Å². The summed E-state index contributed by atoms with van der Waals surface area (Å²) >= 11 is 9.64. The highest BCUT2D eigenvalue weighted by molar-refractivity contribution is 9.10. The molecule has 2 unspecified atom stereocenters. The second-order valence-electron chi connectivity index (χ2n) is 4.47. The molecular formula is C12H15BrClNO. The number of halogens is 2. The lowest BCUT2D eigenvalue weighted by Crippen LogP contribution is -2.41. The van der Waals surface area contributed by atoms with E-state index in [0.29, 0.717) is 10.9 Å². The predicted octanol–water partition coefficient (Wildman–Crippen LogP) is 3.31. The number of nitrogens with two attached hydrogens (primary N) is 1. The fourth-order valence-electron chi connectivity index (χ4n) is 2.15. The van der Waals surface area contributed by atoms with Crippen LogP contribution in [-0.4, -0.2) is 13.2 Å². The van der Waals surface area contributed by atoms with Crippen molar-refractivity contribution in [2.24, 2.45) is 11.7 Å². The van der Waals surface area contributed by atoms with Gasteiger partial charge in [-0.15, -0.1) is 0 Å². The zero-order valence-corrected chi connectivity index (χ0v) is 11.5. The van der Waals surface area contributed by atoms with Gasteiger partial charge in [0.15, 0.2) is 0 Å². The molecule has 88 valence electrons. The molecule has 0 bridgehead atoms.